The summed E-state index contributed by atoms with van der Waals surface area (Å²) in [5.74, 6) is 0.0865. The zero-order valence-electron chi connectivity index (χ0n) is 12.3. The van der Waals surface area contributed by atoms with Crippen molar-refractivity contribution in [2.45, 2.75) is 33.1 Å². The van der Waals surface area contributed by atoms with Gasteiger partial charge in [0.25, 0.3) is 0 Å². The first-order chi connectivity index (χ1) is 8.99. The van der Waals surface area contributed by atoms with E-state index in [0.717, 1.165) is 16.7 Å². The summed E-state index contributed by atoms with van der Waals surface area (Å²) >= 11 is 0. The summed E-state index contributed by atoms with van der Waals surface area (Å²) in [4.78, 5) is 12.3. The number of hydrogen-bond donors (Lipinski definition) is 1. The highest BCUT2D eigenvalue weighted by Gasteiger charge is 2.18. The van der Waals surface area contributed by atoms with Crippen molar-refractivity contribution in [2.24, 2.45) is 0 Å². The molecule has 1 unspecified atom stereocenters. The quantitative estimate of drug-likeness (QED) is 0.606. The van der Waals surface area contributed by atoms with Crippen LogP contribution in [0.2, 0.25) is 0 Å². The molecule has 4 heteroatoms. The number of rotatable bonds is 7. The van der Waals surface area contributed by atoms with Crippen molar-refractivity contribution in [3.8, 4) is 0 Å². The van der Waals surface area contributed by atoms with Crippen LogP contribution in [0.3, 0.4) is 0 Å². The largest absolute Gasteiger partial charge is 0.355 e. The van der Waals surface area contributed by atoms with Crippen LogP contribution >= 0.6 is 0 Å². The summed E-state index contributed by atoms with van der Waals surface area (Å²) < 4.78 is 10.2. The molecule has 106 valence electrons. The summed E-state index contributed by atoms with van der Waals surface area (Å²) in [6, 6.07) is 5.59. The predicted molar refractivity (Wildman–Crippen MR) is 75.5 cm³/mol. The van der Waals surface area contributed by atoms with Gasteiger partial charge in [0.2, 0.25) is 0 Å². The lowest BCUT2D eigenvalue weighted by molar-refractivity contribution is -0.0992. The Balaban J connectivity index is 2.66. The van der Waals surface area contributed by atoms with Gasteiger partial charge in [0.1, 0.15) is 0 Å². The number of carbonyl (C=O) groups is 1. The summed E-state index contributed by atoms with van der Waals surface area (Å²) in [6.45, 7) is 6.31. The minimum Gasteiger partial charge on any atom is -0.355 e. The van der Waals surface area contributed by atoms with Crippen LogP contribution in [-0.2, 0) is 9.47 Å². The Morgan fingerprint density at radius 1 is 1.26 bits per heavy atom. The van der Waals surface area contributed by atoms with Crippen LogP contribution in [0.25, 0.3) is 0 Å². The van der Waals surface area contributed by atoms with E-state index in [9.17, 15) is 4.79 Å². The molecule has 0 aliphatic heterocycles. The number of Topliss-reactive ketones (excluding diaryl/α,β-unsaturated/α-hetero) is 1. The zero-order chi connectivity index (χ0) is 14.4. The zero-order valence-corrected chi connectivity index (χ0v) is 12.3. The van der Waals surface area contributed by atoms with Gasteiger partial charge in [0.05, 0.1) is 6.04 Å². The third kappa shape index (κ3) is 4.42. The Kier molecular flexibility index (Phi) is 6.15. The number of benzene rings is 1. The van der Waals surface area contributed by atoms with Crippen LogP contribution in [0.5, 0.6) is 0 Å². The van der Waals surface area contributed by atoms with E-state index >= 15 is 0 Å². The Morgan fingerprint density at radius 2 is 1.89 bits per heavy atom. The molecule has 0 aliphatic rings. The number of hydrogen-bond acceptors (Lipinski definition) is 4. The van der Waals surface area contributed by atoms with E-state index in [0.29, 0.717) is 6.54 Å². The molecule has 0 fully saturated rings. The van der Waals surface area contributed by atoms with E-state index in [1.54, 1.807) is 14.2 Å². The van der Waals surface area contributed by atoms with Crippen LogP contribution < -0.4 is 5.32 Å². The minimum atomic E-state index is -0.339. The van der Waals surface area contributed by atoms with Gasteiger partial charge in [0, 0.05) is 26.3 Å². The van der Waals surface area contributed by atoms with Crippen molar-refractivity contribution in [1.82, 2.24) is 5.32 Å². The van der Waals surface area contributed by atoms with Gasteiger partial charge in [-0.25, -0.2) is 0 Å². The molecule has 0 saturated carbocycles. The molecule has 0 aromatic heterocycles. The highest BCUT2D eigenvalue weighted by atomic mass is 16.7. The van der Waals surface area contributed by atoms with E-state index in [2.05, 4.69) is 5.32 Å². The van der Waals surface area contributed by atoms with Gasteiger partial charge in [-0.05, 0) is 26.3 Å². The standard InChI is InChI=1S/C15H23NO3/c1-10-6-7-13(11(2)8-10)15(17)12(3)16-9-14(18-4)19-5/h6-8,12,14,16H,9H2,1-5H3. The van der Waals surface area contributed by atoms with Crippen LogP contribution in [0.15, 0.2) is 18.2 Å². The van der Waals surface area contributed by atoms with Crippen LogP contribution in [-0.4, -0.2) is 38.9 Å². The number of nitrogens with one attached hydrogen (secondary N) is 1. The summed E-state index contributed by atoms with van der Waals surface area (Å²) in [5.41, 5.74) is 2.93. The fourth-order valence-electron chi connectivity index (χ4n) is 1.95. The van der Waals surface area contributed by atoms with Crippen LogP contribution in [0.1, 0.15) is 28.4 Å². The molecule has 0 spiro atoms. The van der Waals surface area contributed by atoms with Crippen molar-refractivity contribution in [1.29, 1.82) is 0 Å². The molecule has 0 amide bonds. The summed E-state index contributed by atoms with van der Waals surface area (Å²) in [5, 5.41) is 3.13. The van der Waals surface area contributed by atoms with Crippen molar-refractivity contribution < 1.29 is 14.3 Å². The van der Waals surface area contributed by atoms with Gasteiger partial charge in [-0.1, -0.05) is 23.8 Å². The van der Waals surface area contributed by atoms with Gasteiger partial charge in [-0.2, -0.15) is 0 Å². The average molecular weight is 265 g/mol. The molecule has 19 heavy (non-hydrogen) atoms. The van der Waals surface area contributed by atoms with E-state index in [-0.39, 0.29) is 18.1 Å². The van der Waals surface area contributed by atoms with Gasteiger partial charge >= 0.3 is 0 Å². The molecule has 1 aromatic rings. The number of aryl methyl sites for hydroxylation is 2. The SMILES string of the molecule is COC(CNC(C)C(=O)c1ccc(C)cc1C)OC. The second kappa shape index (κ2) is 7.38. The number of methoxy groups -OCH3 is 2. The van der Waals surface area contributed by atoms with E-state index in [4.69, 9.17) is 9.47 Å². The molecular weight excluding hydrogens is 242 g/mol. The molecule has 0 aliphatic carbocycles. The maximum Gasteiger partial charge on any atom is 0.179 e. The maximum atomic E-state index is 12.3. The molecule has 0 radical (unpaired) electrons. The Bertz CT molecular complexity index is 427. The maximum absolute atomic E-state index is 12.3. The minimum absolute atomic E-state index is 0.0865. The van der Waals surface area contributed by atoms with Crippen LogP contribution in [0, 0.1) is 13.8 Å². The molecule has 0 heterocycles. The summed E-state index contributed by atoms with van der Waals surface area (Å²) in [7, 11) is 3.15. The Labute approximate surface area is 115 Å². The smallest absolute Gasteiger partial charge is 0.179 e. The first-order valence-electron chi connectivity index (χ1n) is 6.40. The molecule has 1 aromatic carbocycles. The van der Waals surface area contributed by atoms with Crippen molar-refractivity contribution in [3.05, 3.63) is 34.9 Å². The third-order valence-electron chi connectivity index (χ3n) is 3.16. The fraction of sp³-hybridized carbons (Fsp3) is 0.533. The second-order valence-corrected chi connectivity index (χ2v) is 4.71. The lowest BCUT2D eigenvalue weighted by atomic mass is 9.98. The lowest BCUT2D eigenvalue weighted by Crippen LogP contribution is -2.40. The van der Waals surface area contributed by atoms with E-state index in [1.165, 1.54) is 0 Å². The first kappa shape index (κ1) is 15.8. The molecule has 4 nitrogen and oxygen atoms in total. The average Bonchev–Trinajstić information content (AvgIpc) is 2.39. The molecule has 0 bridgehead atoms. The Morgan fingerprint density at radius 3 is 2.42 bits per heavy atom. The Hall–Kier alpha value is -1.23. The first-order valence-corrected chi connectivity index (χ1v) is 6.40. The number of ether oxygens (including phenoxy) is 2. The monoisotopic (exact) mass is 265 g/mol. The van der Waals surface area contributed by atoms with Crippen LogP contribution in [0.4, 0.5) is 0 Å². The van der Waals surface area contributed by atoms with Gasteiger partial charge in [0.15, 0.2) is 12.1 Å². The van der Waals surface area contributed by atoms with Gasteiger partial charge < -0.3 is 14.8 Å². The van der Waals surface area contributed by atoms with Crippen molar-refractivity contribution >= 4 is 5.78 Å². The normalized spacial score (nSPS) is 12.7. The molecule has 1 N–H and O–H groups in total. The fourth-order valence-corrected chi connectivity index (χ4v) is 1.95. The third-order valence-corrected chi connectivity index (χ3v) is 3.16. The van der Waals surface area contributed by atoms with Crippen molar-refractivity contribution in [2.75, 3.05) is 20.8 Å². The molecule has 1 atom stereocenters. The lowest BCUT2D eigenvalue weighted by Gasteiger charge is -2.18. The number of ketones is 1. The van der Waals surface area contributed by atoms with E-state index in [1.807, 2.05) is 39.0 Å². The highest BCUT2D eigenvalue weighted by molar-refractivity contribution is 6.01. The van der Waals surface area contributed by atoms with Gasteiger partial charge in [-0.15, -0.1) is 0 Å². The summed E-state index contributed by atoms with van der Waals surface area (Å²) in [6.07, 6.45) is -0.339. The second-order valence-electron chi connectivity index (χ2n) is 4.71. The molecule has 1 rings (SSSR count). The van der Waals surface area contributed by atoms with E-state index < -0.39 is 0 Å². The number of carbonyl (C=O) groups excluding carboxylic acids is 1. The predicted octanol–water partition coefficient (Wildman–Crippen LogP) is 2.08. The van der Waals surface area contributed by atoms with Gasteiger partial charge in [-0.3, -0.25) is 4.79 Å². The highest BCUT2D eigenvalue weighted by Crippen LogP contribution is 2.12. The molecule has 0 saturated heterocycles. The van der Waals surface area contributed by atoms with Crippen molar-refractivity contribution in [3.63, 3.8) is 0 Å². The molecular formula is C15H23NO3. The topological polar surface area (TPSA) is 47.6 Å².